The van der Waals surface area contributed by atoms with Crippen LogP contribution in [0.3, 0.4) is 0 Å². The lowest BCUT2D eigenvalue weighted by molar-refractivity contribution is 0.712. The van der Waals surface area contributed by atoms with Crippen molar-refractivity contribution in [3.63, 3.8) is 0 Å². The number of aromatic nitrogens is 4. The number of rotatable bonds is 1. The van der Waals surface area contributed by atoms with Gasteiger partial charge in [-0.05, 0) is 21.1 Å². The molecule has 1 heterocycles. The van der Waals surface area contributed by atoms with Gasteiger partial charge in [0.1, 0.15) is 0 Å². The molecule has 0 aromatic carbocycles. The molecule has 0 aliphatic carbocycles. The third-order valence-corrected chi connectivity index (χ3v) is 0.732. The molecule has 0 fully saturated rings. The maximum absolute atomic E-state index is 7.91. The number of tetrazole rings is 1. The molecule has 0 unspecified atom stereocenters. The average molecular weight is 125 g/mol. The first-order chi connectivity index (χ1) is 4.34. The molecule has 1 aromatic rings. The Bertz CT molecular complexity index is 241. The predicted molar refractivity (Wildman–Crippen MR) is 27.6 cm³/mol. The minimum absolute atomic E-state index is 0.164. The molecule has 7 nitrogen and oxygen atoms in total. The second kappa shape index (κ2) is 2.10. The van der Waals surface area contributed by atoms with Gasteiger partial charge in [0.15, 0.2) is 0 Å². The van der Waals surface area contributed by atoms with Crippen LogP contribution in [0.1, 0.15) is 0 Å². The second-order valence-corrected chi connectivity index (χ2v) is 1.29. The maximum Gasteiger partial charge on any atom is 0.238 e. The number of hydrogen-bond donors (Lipinski definition) is 0. The van der Waals surface area contributed by atoms with E-state index in [1.54, 1.807) is 7.05 Å². The topological polar surface area (TPSA) is 92.4 Å². The molecule has 9 heavy (non-hydrogen) atoms. The Kier molecular flexibility index (Phi) is 1.29. The molecule has 0 N–H and O–H groups in total. The fraction of sp³-hybridized carbons (Fsp3) is 0.500. The predicted octanol–water partition coefficient (Wildman–Crippen LogP) is 0.152. The smallest absolute Gasteiger partial charge is 0.227 e. The van der Waals surface area contributed by atoms with E-state index in [4.69, 9.17) is 5.53 Å². The van der Waals surface area contributed by atoms with Gasteiger partial charge in [0, 0.05) is 12.0 Å². The standard InChI is InChI=1S/C2H3N7/c1-9-2(4-6-3)5-7-8-9/h1H3. The minimum atomic E-state index is 0.164. The van der Waals surface area contributed by atoms with Gasteiger partial charge in [-0.3, -0.25) is 0 Å². The SMILES string of the molecule is Cn1nnnc1N=[N+]=[N-]. The van der Waals surface area contributed by atoms with Crippen LogP contribution in [0.25, 0.3) is 10.4 Å². The van der Waals surface area contributed by atoms with Crippen molar-refractivity contribution in [2.75, 3.05) is 0 Å². The first kappa shape index (κ1) is 5.52. The van der Waals surface area contributed by atoms with Gasteiger partial charge in [-0.25, -0.2) is 4.68 Å². The normalized spacial score (nSPS) is 8.56. The number of hydrogen-bond acceptors (Lipinski definition) is 4. The van der Waals surface area contributed by atoms with Crippen LogP contribution in [-0.4, -0.2) is 20.2 Å². The summed E-state index contributed by atoms with van der Waals surface area (Å²) in [5, 5.41) is 13.2. The summed E-state index contributed by atoms with van der Waals surface area (Å²) in [4.78, 5) is 2.50. The lowest BCUT2D eigenvalue weighted by atomic mass is 11.0. The molecule has 0 saturated heterocycles. The first-order valence-electron chi connectivity index (χ1n) is 2.12. The molecule has 1 rings (SSSR count). The molecular weight excluding hydrogens is 122 g/mol. The van der Waals surface area contributed by atoms with Gasteiger partial charge in [0.25, 0.3) is 0 Å². The second-order valence-electron chi connectivity index (χ2n) is 1.29. The molecule has 0 bridgehead atoms. The Hall–Kier alpha value is -1.62. The van der Waals surface area contributed by atoms with Gasteiger partial charge in [-0.2, -0.15) is 0 Å². The Balaban J connectivity index is 3.07. The largest absolute Gasteiger partial charge is 0.238 e. The number of nitrogens with zero attached hydrogens (tertiary/aromatic N) is 7. The molecule has 0 aliphatic heterocycles. The van der Waals surface area contributed by atoms with Crippen LogP contribution in [0.15, 0.2) is 5.11 Å². The Labute approximate surface area is 49.9 Å². The molecule has 0 spiro atoms. The fourth-order valence-corrected chi connectivity index (χ4v) is 0.349. The van der Waals surface area contributed by atoms with E-state index < -0.39 is 0 Å². The Morgan fingerprint density at radius 1 is 1.78 bits per heavy atom. The van der Waals surface area contributed by atoms with Crippen LogP contribution in [0, 0.1) is 0 Å². The van der Waals surface area contributed by atoms with Crippen molar-refractivity contribution in [2.45, 2.75) is 0 Å². The van der Waals surface area contributed by atoms with Gasteiger partial charge in [0.05, 0.1) is 0 Å². The van der Waals surface area contributed by atoms with Crippen molar-refractivity contribution in [3.8, 4) is 0 Å². The monoisotopic (exact) mass is 125 g/mol. The van der Waals surface area contributed by atoms with Crippen molar-refractivity contribution in [3.05, 3.63) is 10.4 Å². The van der Waals surface area contributed by atoms with E-state index in [9.17, 15) is 0 Å². The van der Waals surface area contributed by atoms with Crippen molar-refractivity contribution in [1.29, 1.82) is 0 Å². The highest BCUT2D eigenvalue weighted by Crippen LogP contribution is 1.99. The fourth-order valence-electron chi connectivity index (χ4n) is 0.349. The average Bonchev–Trinajstić information content (AvgIpc) is 2.18. The molecule has 0 amide bonds. The van der Waals surface area contributed by atoms with Crippen LogP contribution < -0.4 is 0 Å². The number of aryl methyl sites for hydroxylation is 1. The highest BCUT2D eigenvalue weighted by molar-refractivity contribution is 5.07. The summed E-state index contributed by atoms with van der Waals surface area (Å²) in [7, 11) is 1.59. The summed E-state index contributed by atoms with van der Waals surface area (Å²) >= 11 is 0. The van der Waals surface area contributed by atoms with E-state index in [0.717, 1.165) is 0 Å². The molecular formula is C2H3N7. The van der Waals surface area contributed by atoms with Gasteiger partial charge < -0.3 is 0 Å². The van der Waals surface area contributed by atoms with Crippen molar-refractivity contribution in [2.24, 2.45) is 12.2 Å². The van der Waals surface area contributed by atoms with Crippen LogP contribution in [0.2, 0.25) is 0 Å². The molecule has 0 radical (unpaired) electrons. The minimum Gasteiger partial charge on any atom is -0.227 e. The molecule has 1 aromatic heterocycles. The van der Waals surface area contributed by atoms with Gasteiger partial charge in [-0.1, -0.05) is 0 Å². The highest BCUT2D eigenvalue weighted by atomic mass is 15.6. The zero-order valence-electron chi connectivity index (χ0n) is 4.63. The Morgan fingerprint density at radius 3 is 3.00 bits per heavy atom. The van der Waals surface area contributed by atoms with Crippen LogP contribution >= 0.6 is 0 Å². The van der Waals surface area contributed by atoms with E-state index in [0.29, 0.717) is 0 Å². The van der Waals surface area contributed by atoms with Gasteiger partial charge in [-0.15, -0.1) is 5.10 Å². The van der Waals surface area contributed by atoms with Crippen LogP contribution in [-0.2, 0) is 7.05 Å². The van der Waals surface area contributed by atoms with Gasteiger partial charge >= 0.3 is 0 Å². The van der Waals surface area contributed by atoms with Gasteiger partial charge in [0.2, 0.25) is 5.95 Å². The summed E-state index contributed by atoms with van der Waals surface area (Å²) in [6, 6.07) is 0. The highest BCUT2D eigenvalue weighted by Gasteiger charge is 1.93. The maximum atomic E-state index is 7.91. The number of azide groups is 1. The lowest BCUT2D eigenvalue weighted by Crippen LogP contribution is -1.87. The molecule has 0 atom stereocenters. The summed E-state index contributed by atoms with van der Waals surface area (Å²) in [6.07, 6.45) is 0. The third kappa shape index (κ3) is 0.945. The van der Waals surface area contributed by atoms with Crippen molar-refractivity contribution < 1.29 is 0 Å². The van der Waals surface area contributed by atoms with Crippen molar-refractivity contribution in [1.82, 2.24) is 20.2 Å². The Morgan fingerprint density at radius 2 is 2.56 bits per heavy atom. The molecule has 46 valence electrons. The zero-order valence-corrected chi connectivity index (χ0v) is 4.63. The van der Waals surface area contributed by atoms with Crippen molar-refractivity contribution >= 4 is 5.95 Å². The molecule has 0 aliphatic rings. The van der Waals surface area contributed by atoms with E-state index in [1.807, 2.05) is 0 Å². The molecule has 0 saturated carbocycles. The summed E-state index contributed by atoms with van der Waals surface area (Å²) in [5.41, 5.74) is 7.91. The molecule has 7 heteroatoms. The van der Waals surface area contributed by atoms with Crippen LogP contribution in [0.5, 0.6) is 0 Å². The lowest BCUT2D eigenvalue weighted by Gasteiger charge is -1.82. The third-order valence-electron chi connectivity index (χ3n) is 0.732. The van der Waals surface area contributed by atoms with E-state index in [-0.39, 0.29) is 5.95 Å². The quantitative estimate of drug-likeness (QED) is 0.304. The first-order valence-corrected chi connectivity index (χ1v) is 2.12. The summed E-state index contributed by atoms with van der Waals surface area (Å²) < 4.78 is 1.28. The summed E-state index contributed by atoms with van der Waals surface area (Å²) in [5.74, 6) is 0.164. The zero-order chi connectivity index (χ0) is 6.69. The van der Waals surface area contributed by atoms with E-state index >= 15 is 0 Å². The van der Waals surface area contributed by atoms with E-state index in [1.165, 1.54) is 4.68 Å². The van der Waals surface area contributed by atoms with E-state index in [2.05, 4.69) is 25.6 Å². The van der Waals surface area contributed by atoms with Crippen LogP contribution in [0.4, 0.5) is 5.95 Å². The summed E-state index contributed by atoms with van der Waals surface area (Å²) in [6.45, 7) is 0.